The Morgan fingerprint density at radius 2 is 1.11 bits per heavy atom. The van der Waals surface area contributed by atoms with E-state index in [2.05, 4.69) is 95.5 Å². The Balaban J connectivity index is 1.73. The van der Waals surface area contributed by atoms with Crippen LogP contribution >= 0.6 is 11.3 Å². The molecule has 3 heterocycles. The van der Waals surface area contributed by atoms with Crippen LogP contribution in [0.4, 0.5) is 23.0 Å². The first-order chi connectivity index (χ1) is 22.5. The van der Waals surface area contributed by atoms with Crippen LogP contribution in [0, 0.1) is 0 Å². The van der Waals surface area contributed by atoms with Crippen LogP contribution in [-0.2, 0) is 4.79 Å². The van der Waals surface area contributed by atoms with Crippen molar-refractivity contribution in [1.82, 2.24) is 9.97 Å². The van der Waals surface area contributed by atoms with Crippen molar-refractivity contribution in [3.05, 3.63) is 106 Å². The molecule has 3 aromatic carbocycles. The maximum Gasteiger partial charge on any atom is 0.183 e. The number of para-hydroxylation sites is 3. The number of nitrogens with zero attached hydrogens (tertiary/aromatic N) is 4. The smallest absolute Gasteiger partial charge is 0.183 e. The lowest BCUT2D eigenvalue weighted by Gasteiger charge is -2.32. The Hall–Kier alpha value is -4.62. The number of hydrogen-bond acceptors (Lipinski definition) is 7. The molecule has 5 aromatic rings. The molecule has 1 aliphatic rings. The third-order valence-corrected chi connectivity index (χ3v) is 9.92. The average Bonchev–Trinajstić information content (AvgIpc) is 3.65. The summed E-state index contributed by atoms with van der Waals surface area (Å²) in [5, 5.41) is 0. The summed E-state index contributed by atoms with van der Waals surface area (Å²) in [6.07, 6.45) is 3.44. The van der Waals surface area contributed by atoms with Gasteiger partial charge in [0, 0.05) is 11.0 Å². The maximum absolute atomic E-state index is 12.6. The molecule has 0 saturated heterocycles. The molecule has 0 radical (unpaired) electrons. The van der Waals surface area contributed by atoms with Crippen LogP contribution in [0.3, 0.4) is 0 Å². The number of aldehydes is 2. The van der Waals surface area contributed by atoms with Crippen LogP contribution in [0.1, 0.15) is 111 Å². The summed E-state index contributed by atoms with van der Waals surface area (Å²) < 4.78 is 0. The monoisotopic (exact) mass is 642 g/mol. The summed E-state index contributed by atoms with van der Waals surface area (Å²) in [7, 11) is 0. The van der Waals surface area contributed by atoms with E-state index in [4.69, 9.17) is 9.97 Å². The second-order valence-corrected chi connectivity index (χ2v) is 14.5. The van der Waals surface area contributed by atoms with Gasteiger partial charge in [0.1, 0.15) is 12.1 Å². The van der Waals surface area contributed by atoms with Gasteiger partial charge in [-0.2, -0.15) is 0 Å². The topological polar surface area (TPSA) is 66.4 Å². The van der Waals surface area contributed by atoms with Crippen LogP contribution in [0.25, 0.3) is 21.5 Å². The van der Waals surface area contributed by atoms with Gasteiger partial charge >= 0.3 is 0 Å². The first-order valence-corrected chi connectivity index (χ1v) is 17.3. The van der Waals surface area contributed by atoms with Gasteiger partial charge in [-0.05, 0) is 87.9 Å². The zero-order valence-corrected chi connectivity index (χ0v) is 29.2. The molecule has 1 aliphatic heterocycles. The van der Waals surface area contributed by atoms with Crippen LogP contribution in [-0.4, -0.2) is 22.5 Å². The van der Waals surface area contributed by atoms with E-state index >= 15 is 0 Å². The molecule has 0 N–H and O–H groups in total. The fourth-order valence-corrected chi connectivity index (χ4v) is 7.36. The van der Waals surface area contributed by atoms with Crippen LogP contribution in [0.2, 0.25) is 0 Å². The van der Waals surface area contributed by atoms with Crippen molar-refractivity contribution >= 4 is 58.0 Å². The highest BCUT2D eigenvalue weighted by Crippen LogP contribution is 2.54. The van der Waals surface area contributed by atoms with E-state index in [-0.39, 0.29) is 23.7 Å². The Labute approximate surface area is 281 Å². The van der Waals surface area contributed by atoms with E-state index in [1.807, 2.05) is 36.4 Å². The summed E-state index contributed by atoms with van der Waals surface area (Å²) in [6.45, 7) is 17.6. The quantitative estimate of drug-likeness (QED) is 0.118. The van der Waals surface area contributed by atoms with Gasteiger partial charge < -0.3 is 0 Å². The number of fused-ring (bicyclic) bond motifs is 2. The second-order valence-electron chi connectivity index (χ2n) is 13.4. The van der Waals surface area contributed by atoms with Gasteiger partial charge in [-0.25, -0.2) is 9.97 Å². The molecular formula is C40H42N4O2S. The predicted molar refractivity (Wildman–Crippen MR) is 196 cm³/mol. The number of hydrogen-bond donors (Lipinski definition) is 0. The highest BCUT2D eigenvalue weighted by atomic mass is 32.1. The Bertz CT molecular complexity index is 1970. The van der Waals surface area contributed by atoms with Crippen molar-refractivity contribution in [3.63, 3.8) is 0 Å². The summed E-state index contributed by atoms with van der Waals surface area (Å²) in [5.41, 5.74) is 9.36. The highest BCUT2D eigenvalue weighted by Gasteiger charge is 2.41. The van der Waals surface area contributed by atoms with Crippen molar-refractivity contribution in [2.75, 3.05) is 9.80 Å². The van der Waals surface area contributed by atoms with E-state index in [0.717, 1.165) is 56.5 Å². The van der Waals surface area contributed by atoms with Crippen molar-refractivity contribution in [3.8, 4) is 10.4 Å². The fourth-order valence-electron chi connectivity index (χ4n) is 6.55. The summed E-state index contributed by atoms with van der Waals surface area (Å²) >= 11 is 1.50. The fraction of sp³-hybridized carbons (Fsp3) is 0.300. The normalized spacial score (nSPS) is 14.0. The van der Waals surface area contributed by atoms with E-state index in [0.29, 0.717) is 22.3 Å². The summed E-state index contributed by atoms with van der Waals surface area (Å²) in [6, 6.07) is 22.8. The van der Waals surface area contributed by atoms with Gasteiger partial charge in [0.15, 0.2) is 17.9 Å². The number of allylic oxidation sites excluding steroid dienone is 1. The average molecular weight is 643 g/mol. The molecule has 240 valence electrons. The van der Waals surface area contributed by atoms with Gasteiger partial charge in [0.25, 0.3) is 0 Å². The van der Waals surface area contributed by atoms with Gasteiger partial charge in [-0.3, -0.25) is 19.4 Å². The minimum absolute atomic E-state index is 0.144. The molecule has 0 unspecified atom stereocenters. The molecule has 0 bridgehead atoms. The van der Waals surface area contributed by atoms with Gasteiger partial charge in [-0.15, -0.1) is 11.3 Å². The summed E-state index contributed by atoms with van der Waals surface area (Å²) in [5.74, 6) is 2.85. The van der Waals surface area contributed by atoms with Gasteiger partial charge in [0.2, 0.25) is 0 Å². The number of thiophene rings is 1. The van der Waals surface area contributed by atoms with Crippen LogP contribution in [0.15, 0.2) is 78.6 Å². The molecule has 0 fully saturated rings. The lowest BCUT2D eigenvalue weighted by molar-refractivity contribution is -0.104. The predicted octanol–water partition coefficient (Wildman–Crippen LogP) is 11.0. The zero-order chi connectivity index (χ0) is 33.6. The number of aromatic nitrogens is 2. The third-order valence-electron chi connectivity index (χ3n) is 8.86. The largest absolute Gasteiger partial charge is 0.298 e. The van der Waals surface area contributed by atoms with Crippen molar-refractivity contribution < 1.29 is 9.59 Å². The van der Waals surface area contributed by atoms with Gasteiger partial charge in [0.05, 0.1) is 27.3 Å². The van der Waals surface area contributed by atoms with Crippen LogP contribution in [0.5, 0.6) is 0 Å². The van der Waals surface area contributed by atoms with E-state index in [1.165, 1.54) is 22.5 Å². The molecule has 47 heavy (non-hydrogen) atoms. The lowest BCUT2D eigenvalue weighted by Crippen LogP contribution is -2.26. The van der Waals surface area contributed by atoms with Crippen molar-refractivity contribution in [1.29, 1.82) is 0 Å². The van der Waals surface area contributed by atoms with Crippen LogP contribution < -0.4 is 9.80 Å². The molecule has 6 nitrogen and oxygen atoms in total. The van der Waals surface area contributed by atoms with Crippen molar-refractivity contribution in [2.24, 2.45) is 0 Å². The van der Waals surface area contributed by atoms with Gasteiger partial charge in [-0.1, -0.05) is 85.7 Å². The summed E-state index contributed by atoms with van der Waals surface area (Å²) in [4.78, 5) is 40.9. The molecule has 0 spiro atoms. The van der Waals surface area contributed by atoms with Crippen molar-refractivity contribution in [2.45, 2.75) is 79.1 Å². The Kier molecular flexibility index (Phi) is 8.86. The second kappa shape index (κ2) is 12.9. The molecule has 6 rings (SSSR count). The Morgan fingerprint density at radius 1 is 0.617 bits per heavy atom. The number of anilines is 4. The lowest BCUT2D eigenvalue weighted by atomic mass is 9.89. The molecule has 7 heteroatoms. The third kappa shape index (κ3) is 5.67. The molecule has 0 amide bonds. The SMILES string of the molecule is CC(C)c1cccc(C(C)C)c1N1/C(=C/C=O)N(c2c(C(C)C)cc(-c3ccc(C=O)s3)cc2C(C)C)c2nc3ccccc3nc21. The maximum atomic E-state index is 12.6. The minimum atomic E-state index is 0.144. The molecule has 0 atom stereocenters. The number of benzene rings is 3. The molecule has 2 aromatic heterocycles. The molecular weight excluding hydrogens is 601 g/mol. The zero-order valence-electron chi connectivity index (χ0n) is 28.4. The first kappa shape index (κ1) is 32.3. The molecule has 0 aliphatic carbocycles. The first-order valence-electron chi connectivity index (χ1n) is 16.4. The highest BCUT2D eigenvalue weighted by molar-refractivity contribution is 7.17. The molecule has 0 saturated carbocycles. The van der Waals surface area contributed by atoms with E-state index < -0.39 is 0 Å². The number of carbonyl (C=O) groups excluding carboxylic acids is 2. The standard InChI is InChI=1S/C40H42N4O2S/c1-23(2)29-12-11-13-30(24(3)4)37(29)43-36(18-19-45)44(40-39(43)41-33-14-9-10-15-34(33)42-40)38-31(25(5)6)20-27(21-32(38)26(7)8)35-17-16-28(22-46)47-35/h9-26H,1-8H3/b36-18-. The van der Waals surface area contributed by atoms with E-state index in [1.54, 1.807) is 6.08 Å². The Morgan fingerprint density at radius 3 is 1.53 bits per heavy atom. The number of rotatable bonds is 9. The number of carbonyl (C=O) groups is 2. The minimum Gasteiger partial charge on any atom is -0.298 e. The van der Waals surface area contributed by atoms with E-state index in [9.17, 15) is 9.59 Å².